The first-order valence-corrected chi connectivity index (χ1v) is 6.38. The largest absolute Gasteiger partial charge is 0.473 e. The van der Waals surface area contributed by atoms with Gasteiger partial charge in [-0.2, -0.15) is 7.05 Å². The summed E-state index contributed by atoms with van der Waals surface area (Å²) in [5, 5.41) is 2.07. The van der Waals surface area contributed by atoms with Crippen molar-refractivity contribution >= 4 is 0 Å². The van der Waals surface area contributed by atoms with E-state index in [-0.39, 0.29) is 0 Å². The number of nitrogens with zero attached hydrogens (tertiary/aromatic N) is 1. The van der Waals surface area contributed by atoms with Gasteiger partial charge in [0.05, 0.1) is 19.3 Å². The fourth-order valence-electron chi connectivity index (χ4n) is 2.27. The molecule has 1 aliphatic heterocycles. The molecule has 1 atom stereocenters. The number of ether oxygens (including phenoxy) is 1. The van der Waals surface area contributed by atoms with Gasteiger partial charge in [0.1, 0.15) is 0 Å². The van der Waals surface area contributed by atoms with E-state index in [1.54, 1.807) is 0 Å². The number of benzene rings is 1. The maximum atomic E-state index is 5.36. The normalized spacial score (nSPS) is 19.1. The van der Waals surface area contributed by atoms with Crippen LogP contribution in [0.2, 0.25) is 0 Å². The molecule has 0 saturated carbocycles. The number of morpholine rings is 1. The third kappa shape index (κ3) is 3.80. The fourth-order valence-corrected chi connectivity index (χ4v) is 2.27. The van der Waals surface area contributed by atoms with Crippen molar-refractivity contribution in [2.24, 2.45) is 0 Å². The predicted octanol–water partition coefficient (Wildman–Crippen LogP) is 0.805. The minimum absolute atomic E-state index is 0.471. The summed E-state index contributed by atoms with van der Waals surface area (Å²) in [6.45, 7) is 5.03. The van der Waals surface area contributed by atoms with Gasteiger partial charge in [0.2, 0.25) is 0 Å². The highest BCUT2D eigenvalue weighted by molar-refractivity contribution is 5.16. The van der Waals surface area contributed by atoms with E-state index in [4.69, 9.17) is 4.74 Å². The molecule has 2 rings (SSSR count). The van der Waals surface area contributed by atoms with Crippen LogP contribution in [0.4, 0.5) is 0 Å². The molecule has 1 aromatic rings. The van der Waals surface area contributed by atoms with Gasteiger partial charge in [-0.05, 0) is 0 Å². The zero-order valence-electron chi connectivity index (χ0n) is 10.3. The highest BCUT2D eigenvalue weighted by atomic mass is 16.5. The summed E-state index contributed by atoms with van der Waals surface area (Å²) in [7, 11) is 3.96. The molecule has 1 fully saturated rings. The van der Waals surface area contributed by atoms with E-state index < -0.39 is 0 Å². The van der Waals surface area contributed by atoms with Crippen molar-refractivity contribution in [3.63, 3.8) is 0 Å². The van der Waals surface area contributed by atoms with Crippen LogP contribution < -0.4 is 5.32 Å². The maximum Gasteiger partial charge on any atom is 0.0889 e. The molecular formula is C14H22N2O. The van der Waals surface area contributed by atoms with Crippen LogP contribution in [0, 0.1) is 7.05 Å². The van der Waals surface area contributed by atoms with Crippen LogP contribution in [0.1, 0.15) is 18.0 Å². The highest BCUT2D eigenvalue weighted by Crippen LogP contribution is 2.13. The lowest BCUT2D eigenvalue weighted by molar-refractivity contribution is -0.641. The van der Waals surface area contributed by atoms with Crippen LogP contribution >= 0.6 is 0 Å². The van der Waals surface area contributed by atoms with Crippen LogP contribution in [0.15, 0.2) is 30.3 Å². The molecule has 3 heteroatoms. The van der Waals surface area contributed by atoms with Crippen LogP contribution in [0.25, 0.3) is 0 Å². The number of nitrogens with two attached hydrogens (primary N) is 1. The van der Waals surface area contributed by atoms with E-state index in [0.717, 1.165) is 39.3 Å². The molecule has 0 bridgehead atoms. The highest BCUT2D eigenvalue weighted by Gasteiger charge is 2.14. The Balaban J connectivity index is 1.83. The molecule has 0 aromatic heterocycles. The van der Waals surface area contributed by atoms with Crippen LogP contribution in [-0.2, 0) is 4.74 Å². The minimum Gasteiger partial charge on any atom is -0.473 e. The molecule has 94 valence electrons. The molecule has 3 nitrogen and oxygen atoms in total. The molecular weight excluding hydrogens is 212 g/mol. The van der Waals surface area contributed by atoms with Crippen molar-refractivity contribution in [3.05, 3.63) is 42.9 Å². The molecule has 0 aliphatic carbocycles. The summed E-state index contributed by atoms with van der Waals surface area (Å²) >= 11 is 0. The fraction of sp³-hybridized carbons (Fsp3) is 0.500. The summed E-state index contributed by atoms with van der Waals surface area (Å²) in [5.74, 6) is 0. The second-order valence-corrected chi connectivity index (χ2v) is 4.50. The van der Waals surface area contributed by atoms with Crippen molar-refractivity contribution in [1.29, 1.82) is 0 Å². The molecule has 0 spiro atoms. The van der Waals surface area contributed by atoms with E-state index in [0.29, 0.717) is 6.04 Å². The maximum absolute atomic E-state index is 5.36. The molecule has 1 saturated heterocycles. The lowest BCUT2D eigenvalue weighted by atomic mass is 10.0. The average Bonchev–Trinajstić information content (AvgIpc) is 2.42. The average molecular weight is 234 g/mol. The molecule has 2 N–H and O–H groups in total. The Bertz CT molecular complexity index is 309. The van der Waals surface area contributed by atoms with Gasteiger partial charge in [0, 0.05) is 31.6 Å². The number of hydrogen-bond donors (Lipinski definition) is 1. The molecule has 1 heterocycles. The Morgan fingerprint density at radius 2 is 1.94 bits per heavy atom. The molecule has 1 unspecified atom stereocenters. The zero-order chi connectivity index (χ0) is 11.9. The Morgan fingerprint density at radius 3 is 2.59 bits per heavy atom. The van der Waals surface area contributed by atoms with Crippen LogP contribution in [-0.4, -0.2) is 37.7 Å². The topological polar surface area (TPSA) is 29.1 Å². The van der Waals surface area contributed by atoms with Crippen molar-refractivity contribution in [3.8, 4) is 0 Å². The summed E-state index contributed by atoms with van der Waals surface area (Å²) in [6, 6.07) is 11.1. The number of rotatable bonds is 5. The standard InChI is InChI=1S/C14H22N2O/c1-15-14(13-5-3-2-4-6-13)7-8-16-9-11-17-12-10-16/h2-6,14H,1,7-12,15H2. The third-order valence-corrected chi connectivity index (χ3v) is 3.37. The van der Waals surface area contributed by atoms with Crippen molar-refractivity contribution in [2.75, 3.05) is 32.8 Å². The van der Waals surface area contributed by atoms with E-state index in [1.807, 2.05) is 0 Å². The third-order valence-electron chi connectivity index (χ3n) is 3.37. The number of quaternary nitrogens is 1. The van der Waals surface area contributed by atoms with Gasteiger partial charge in [-0.25, -0.2) is 0 Å². The second-order valence-electron chi connectivity index (χ2n) is 4.50. The summed E-state index contributed by atoms with van der Waals surface area (Å²) < 4.78 is 5.36. The monoisotopic (exact) mass is 234 g/mol. The van der Waals surface area contributed by atoms with Gasteiger partial charge < -0.3 is 10.1 Å². The summed E-state index contributed by atoms with van der Waals surface area (Å²) in [5.41, 5.74) is 1.37. The number of hydrogen-bond acceptors (Lipinski definition) is 2. The van der Waals surface area contributed by atoms with Gasteiger partial charge in [-0.1, -0.05) is 30.3 Å². The minimum atomic E-state index is 0.471. The Kier molecular flexibility index (Phi) is 4.98. The molecule has 1 aromatic carbocycles. The smallest absolute Gasteiger partial charge is 0.0889 e. The van der Waals surface area contributed by atoms with Crippen molar-refractivity contribution in [1.82, 2.24) is 4.90 Å². The molecule has 0 amide bonds. The first-order valence-electron chi connectivity index (χ1n) is 6.38. The Labute approximate surface area is 104 Å². The second kappa shape index (κ2) is 6.74. The first kappa shape index (κ1) is 12.6. The molecule has 1 aliphatic rings. The first-order chi connectivity index (χ1) is 8.40. The van der Waals surface area contributed by atoms with Crippen molar-refractivity contribution < 1.29 is 10.1 Å². The van der Waals surface area contributed by atoms with Gasteiger partial charge >= 0.3 is 0 Å². The van der Waals surface area contributed by atoms with E-state index in [9.17, 15) is 0 Å². The van der Waals surface area contributed by atoms with E-state index in [1.165, 1.54) is 5.56 Å². The van der Waals surface area contributed by atoms with E-state index >= 15 is 0 Å². The zero-order valence-corrected chi connectivity index (χ0v) is 10.3. The summed E-state index contributed by atoms with van der Waals surface area (Å²) in [6.07, 6.45) is 1.15. The van der Waals surface area contributed by atoms with Gasteiger partial charge in [-0.15, -0.1) is 0 Å². The van der Waals surface area contributed by atoms with Crippen LogP contribution in [0.3, 0.4) is 0 Å². The van der Waals surface area contributed by atoms with Gasteiger partial charge in [-0.3, -0.25) is 4.90 Å². The summed E-state index contributed by atoms with van der Waals surface area (Å²) in [4.78, 5) is 2.48. The molecule has 0 radical (unpaired) electrons. The Morgan fingerprint density at radius 1 is 1.24 bits per heavy atom. The SMILES string of the molecule is [CH2-][NH2+]C(CCN1CCOCC1)c1ccccc1. The molecule has 17 heavy (non-hydrogen) atoms. The van der Waals surface area contributed by atoms with Gasteiger partial charge in [0.25, 0.3) is 0 Å². The van der Waals surface area contributed by atoms with Crippen LogP contribution in [0.5, 0.6) is 0 Å². The quantitative estimate of drug-likeness (QED) is 0.764. The van der Waals surface area contributed by atoms with Gasteiger partial charge in [0.15, 0.2) is 0 Å². The van der Waals surface area contributed by atoms with E-state index in [2.05, 4.69) is 47.6 Å². The van der Waals surface area contributed by atoms with Crippen molar-refractivity contribution in [2.45, 2.75) is 12.5 Å². The predicted molar refractivity (Wildman–Crippen MR) is 68.3 cm³/mol. The lowest BCUT2D eigenvalue weighted by Gasteiger charge is -2.28. The lowest BCUT2D eigenvalue weighted by Crippen LogP contribution is -2.78. The Hall–Kier alpha value is -0.900.